The van der Waals surface area contributed by atoms with Crippen LogP contribution in [0.25, 0.3) is 0 Å². The van der Waals surface area contributed by atoms with E-state index in [0.29, 0.717) is 16.6 Å². The Kier molecular flexibility index (Phi) is 6.68. The number of aromatic nitrogens is 1. The van der Waals surface area contributed by atoms with Crippen LogP contribution in [0, 0.1) is 0 Å². The first-order chi connectivity index (χ1) is 12.5. The summed E-state index contributed by atoms with van der Waals surface area (Å²) in [5, 5.41) is 3.92. The number of nitrogens with one attached hydrogen (secondary N) is 1. The van der Waals surface area contributed by atoms with Crippen molar-refractivity contribution in [3.05, 3.63) is 52.1 Å². The number of carbonyl (C=O) groups is 1. The summed E-state index contributed by atoms with van der Waals surface area (Å²) in [6.07, 6.45) is 4.23. The summed E-state index contributed by atoms with van der Waals surface area (Å²) in [5.74, 6) is 0.952. The van der Waals surface area contributed by atoms with Gasteiger partial charge in [-0.3, -0.25) is 4.79 Å². The minimum atomic E-state index is -0.272. The topological polar surface area (TPSA) is 45.2 Å². The first kappa shape index (κ1) is 19.3. The normalized spacial score (nSPS) is 15.1. The van der Waals surface area contributed by atoms with Crippen LogP contribution in [0.2, 0.25) is 10.0 Å². The maximum absolute atomic E-state index is 12.4. The molecule has 1 aliphatic heterocycles. The zero-order valence-electron chi connectivity index (χ0n) is 14.5. The zero-order valence-corrected chi connectivity index (χ0v) is 16.9. The Morgan fingerprint density at radius 1 is 1.27 bits per heavy atom. The van der Waals surface area contributed by atoms with E-state index in [0.717, 1.165) is 29.4 Å². The van der Waals surface area contributed by atoms with Crippen LogP contribution in [-0.4, -0.2) is 29.2 Å². The van der Waals surface area contributed by atoms with Crippen molar-refractivity contribution in [2.24, 2.45) is 0 Å². The Hall–Kier alpha value is -1.43. The van der Waals surface area contributed by atoms with Crippen molar-refractivity contribution in [1.82, 2.24) is 10.3 Å². The van der Waals surface area contributed by atoms with Gasteiger partial charge in [0.15, 0.2) is 0 Å². The number of thioether (sulfide) groups is 1. The highest BCUT2D eigenvalue weighted by atomic mass is 35.5. The second kappa shape index (κ2) is 8.98. The van der Waals surface area contributed by atoms with Gasteiger partial charge in [0, 0.05) is 35.7 Å². The minimum absolute atomic E-state index is 0.0365. The molecule has 4 nitrogen and oxygen atoms in total. The van der Waals surface area contributed by atoms with E-state index < -0.39 is 0 Å². The van der Waals surface area contributed by atoms with Crippen LogP contribution in [0.3, 0.4) is 0 Å². The van der Waals surface area contributed by atoms with Crippen LogP contribution in [0.1, 0.15) is 25.3 Å². The molecule has 1 saturated heterocycles. The van der Waals surface area contributed by atoms with Crippen molar-refractivity contribution >= 4 is 46.7 Å². The summed E-state index contributed by atoms with van der Waals surface area (Å²) in [6.45, 7) is 4.45. The lowest BCUT2D eigenvalue weighted by molar-refractivity contribution is -0.120. The van der Waals surface area contributed by atoms with Crippen LogP contribution in [-0.2, 0) is 11.3 Å². The SMILES string of the molecule is CC(Sc1cc(Cl)ccc1Cl)C(=O)NCc1ccnc(N2CCCC2)c1. The van der Waals surface area contributed by atoms with Gasteiger partial charge in [-0.2, -0.15) is 0 Å². The molecule has 0 radical (unpaired) electrons. The third-order valence-electron chi connectivity index (χ3n) is 4.27. The van der Waals surface area contributed by atoms with Crippen molar-refractivity contribution in [2.75, 3.05) is 18.0 Å². The Labute approximate surface area is 168 Å². The second-order valence-corrected chi connectivity index (χ2v) is 8.50. The first-order valence-corrected chi connectivity index (χ1v) is 10.3. The quantitative estimate of drug-likeness (QED) is 0.696. The summed E-state index contributed by atoms with van der Waals surface area (Å²) < 4.78 is 0. The summed E-state index contributed by atoms with van der Waals surface area (Å²) in [7, 11) is 0. The van der Waals surface area contributed by atoms with Crippen LogP contribution in [0.15, 0.2) is 41.4 Å². The molecule has 138 valence electrons. The molecule has 1 fully saturated rings. The van der Waals surface area contributed by atoms with E-state index in [1.54, 1.807) is 24.4 Å². The van der Waals surface area contributed by atoms with Gasteiger partial charge in [0.1, 0.15) is 5.82 Å². The van der Waals surface area contributed by atoms with E-state index in [1.165, 1.54) is 24.6 Å². The Bertz CT molecular complexity index is 781. The van der Waals surface area contributed by atoms with Gasteiger partial charge in [0.25, 0.3) is 0 Å². The average molecular weight is 410 g/mol. The number of carbonyl (C=O) groups excluding carboxylic acids is 1. The van der Waals surface area contributed by atoms with Gasteiger partial charge < -0.3 is 10.2 Å². The number of amides is 1. The van der Waals surface area contributed by atoms with Crippen molar-refractivity contribution in [3.63, 3.8) is 0 Å². The van der Waals surface area contributed by atoms with E-state index in [4.69, 9.17) is 23.2 Å². The fourth-order valence-electron chi connectivity index (χ4n) is 2.83. The van der Waals surface area contributed by atoms with Gasteiger partial charge in [0.2, 0.25) is 5.91 Å². The van der Waals surface area contributed by atoms with E-state index in [2.05, 4.69) is 21.3 Å². The first-order valence-electron chi connectivity index (χ1n) is 8.62. The highest BCUT2D eigenvalue weighted by molar-refractivity contribution is 8.00. The van der Waals surface area contributed by atoms with Gasteiger partial charge in [-0.25, -0.2) is 4.98 Å². The number of hydrogen-bond donors (Lipinski definition) is 1. The highest BCUT2D eigenvalue weighted by Gasteiger charge is 2.17. The lowest BCUT2D eigenvalue weighted by Crippen LogP contribution is -2.30. The van der Waals surface area contributed by atoms with Crippen LogP contribution >= 0.6 is 35.0 Å². The van der Waals surface area contributed by atoms with Crippen LogP contribution < -0.4 is 10.2 Å². The predicted molar refractivity (Wildman–Crippen MR) is 109 cm³/mol. The molecule has 1 unspecified atom stereocenters. The molecule has 26 heavy (non-hydrogen) atoms. The third-order valence-corrected chi connectivity index (χ3v) is 6.11. The zero-order chi connectivity index (χ0) is 18.5. The molecule has 1 amide bonds. The fraction of sp³-hybridized carbons (Fsp3) is 0.368. The highest BCUT2D eigenvalue weighted by Crippen LogP contribution is 2.32. The van der Waals surface area contributed by atoms with Gasteiger partial charge >= 0.3 is 0 Å². The molecule has 0 bridgehead atoms. The van der Waals surface area contributed by atoms with E-state index in [-0.39, 0.29) is 11.2 Å². The van der Waals surface area contributed by atoms with Gasteiger partial charge in [-0.15, -0.1) is 11.8 Å². The summed E-state index contributed by atoms with van der Waals surface area (Å²) in [5.41, 5.74) is 1.05. The molecule has 2 aromatic rings. The molecule has 3 rings (SSSR count). The van der Waals surface area contributed by atoms with Gasteiger partial charge in [-0.05, 0) is 55.7 Å². The van der Waals surface area contributed by atoms with Crippen molar-refractivity contribution < 1.29 is 4.79 Å². The molecular formula is C19H21Cl2N3OS. The summed E-state index contributed by atoms with van der Waals surface area (Å²) >= 11 is 13.6. The van der Waals surface area contributed by atoms with E-state index in [9.17, 15) is 4.79 Å². The molecule has 1 aromatic heterocycles. The number of rotatable bonds is 6. The van der Waals surface area contributed by atoms with Crippen LogP contribution in [0.5, 0.6) is 0 Å². The number of halogens is 2. The fourth-order valence-corrected chi connectivity index (χ4v) is 4.27. The molecule has 1 atom stereocenters. The molecule has 0 spiro atoms. The number of pyridine rings is 1. The molecular weight excluding hydrogens is 389 g/mol. The third kappa shape index (κ3) is 5.06. The van der Waals surface area contributed by atoms with Gasteiger partial charge in [0.05, 0.1) is 10.3 Å². The van der Waals surface area contributed by atoms with Crippen molar-refractivity contribution in [3.8, 4) is 0 Å². The largest absolute Gasteiger partial charge is 0.357 e. The van der Waals surface area contributed by atoms with Gasteiger partial charge in [-0.1, -0.05) is 23.2 Å². The number of nitrogens with zero attached hydrogens (tertiary/aromatic N) is 2. The average Bonchev–Trinajstić information content (AvgIpc) is 3.17. The van der Waals surface area contributed by atoms with Crippen LogP contribution in [0.4, 0.5) is 5.82 Å². The number of anilines is 1. The Morgan fingerprint density at radius 3 is 2.81 bits per heavy atom. The van der Waals surface area contributed by atoms with Crippen molar-refractivity contribution in [2.45, 2.75) is 36.5 Å². The molecule has 1 aromatic carbocycles. The number of hydrogen-bond acceptors (Lipinski definition) is 4. The molecule has 2 heterocycles. The van der Waals surface area contributed by atoms with E-state index in [1.807, 2.05) is 13.0 Å². The standard InChI is InChI=1S/C19H21Cl2N3OS/c1-13(26-17-11-15(20)4-5-16(17)21)19(25)23-12-14-6-7-22-18(10-14)24-8-2-3-9-24/h4-7,10-11,13H,2-3,8-9,12H2,1H3,(H,23,25). The molecule has 0 aliphatic carbocycles. The second-order valence-electron chi connectivity index (χ2n) is 6.27. The predicted octanol–water partition coefficient (Wildman–Crippen LogP) is 4.79. The van der Waals surface area contributed by atoms with E-state index >= 15 is 0 Å². The Balaban J connectivity index is 1.56. The monoisotopic (exact) mass is 409 g/mol. The lowest BCUT2D eigenvalue weighted by atomic mass is 10.2. The molecule has 1 N–H and O–H groups in total. The molecule has 1 aliphatic rings. The lowest BCUT2D eigenvalue weighted by Gasteiger charge is -2.17. The maximum Gasteiger partial charge on any atom is 0.233 e. The molecule has 0 saturated carbocycles. The molecule has 7 heteroatoms. The summed E-state index contributed by atoms with van der Waals surface area (Å²) in [4.78, 5) is 20.0. The smallest absolute Gasteiger partial charge is 0.233 e. The maximum atomic E-state index is 12.4. The van der Waals surface area contributed by atoms with Crippen molar-refractivity contribution in [1.29, 1.82) is 0 Å². The summed E-state index contributed by atoms with van der Waals surface area (Å²) in [6, 6.07) is 9.25. The number of benzene rings is 1. The minimum Gasteiger partial charge on any atom is -0.357 e. The Morgan fingerprint density at radius 2 is 2.04 bits per heavy atom.